The molecule has 1 rings (SSSR count). The van der Waals surface area contributed by atoms with E-state index in [0.717, 1.165) is 6.42 Å². The predicted molar refractivity (Wildman–Crippen MR) is 70.2 cm³/mol. The smallest absolute Gasteiger partial charge is 0.267 e. The van der Waals surface area contributed by atoms with E-state index in [1.165, 1.54) is 6.92 Å². The molecule has 1 aliphatic rings. The molecule has 1 fully saturated rings. The van der Waals surface area contributed by atoms with Crippen molar-refractivity contribution in [3.8, 4) is 0 Å². The molecule has 1 saturated carbocycles. The van der Waals surface area contributed by atoms with Gasteiger partial charge in [-0.15, -0.1) is 0 Å². The van der Waals surface area contributed by atoms with Crippen molar-refractivity contribution in [3.05, 3.63) is 0 Å². The van der Waals surface area contributed by atoms with E-state index in [0.29, 0.717) is 12.8 Å². The van der Waals surface area contributed by atoms with Crippen LogP contribution in [0.4, 0.5) is 0 Å². The van der Waals surface area contributed by atoms with Gasteiger partial charge in [0, 0.05) is 5.92 Å². The standard InChI is InChI=1S/C12H21NO5S/c1-3-4-11(8(2)14)13-12(15)9-5-6-10(7-9)19(16,17)18/h9-11H,3-7H2,1-2H3,(H,13,15)(H,16,17,18)/t9?,10?,11-/m0/s1. The zero-order chi connectivity index (χ0) is 14.6. The van der Waals surface area contributed by atoms with Crippen LogP contribution in [-0.4, -0.2) is 36.0 Å². The predicted octanol–water partition coefficient (Wildman–Crippen LogP) is 0.917. The lowest BCUT2D eigenvalue weighted by Gasteiger charge is -2.18. The van der Waals surface area contributed by atoms with Gasteiger partial charge in [-0.05, 0) is 32.6 Å². The second-order valence-corrected chi connectivity index (χ2v) is 6.80. The molecule has 0 bridgehead atoms. The molecule has 7 heteroatoms. The fourth-order valence-corrected chi connectivity index (χ4v) is 3.31. The Balaban J connectivity index is 2.58. The fourth-order valence-electron chi connectivity index (χ4n) is 2.40. The monoisotopic (exact) mass is 291 g/mol. The van der Waals surface area contributed by atoms with Gasteiger partial charge < -0.3 is 5.32 Å². The van der Waals surface area contributed by atoms with Gasteiger partial charge in [-0.3, -0.25) is 14.1 Å². The van der Waals surface area contributed by atoms with E-state index in [2.05, 4.69) is 5.32 Å². The number of rotatable bonds is 6. The number of hydrogen-bond acceptors (Lipinski definition) is 4. The Morgan fingerprint density at radius 1 is 1.37 bits per heavy atom. The summed E-state index contributed by atoms with van der Waals surface area (Å²) in [6, 6.07) is -0.498. The van der Waals surface area contributed by atoms with E-state index in [4.69, 9.17) is 4.55 Å². The summed E-state index contributed by atoms with van der Waals surface area (Å²) in [6.07, 6.45) is 2.20. The van der Waals surface area contributed by atoms with E-state index >= 15 is 0 Å². The maximum atomic E-state index is 12.0. The van der Waals surface area contributed by atoms with Gasteiger partial charge in [0.25, 0.3) is 10.1 Å². The molecule has 0 heterocycles. The van der Waals surface area contributed by atoms with E-state index in [1.807, 2.05) is 6.92 Å². The van der Waals surface area contributed by atoms with Crippen molar-refractivity contribution in [1.29, 1.82) is 0 Å². The first kappa shape index (κ1) is 16.1. The first-order valence-corrected chi connectivity index (χ1v) is 8.03. The summed E-state index contributed by atoms with van der Waals surface area (Å²) >= 11 is 0. The molecule has 0 aromatic heterocycles. The molecular weight excluding hydrogens is 270 g/mol. The molecule has 0 aromatic rings. The highest BCUT2D eigenvalue weighted by Gasteiger charge is 2.37. The molecule has 2 unspecified atom stereocenters. The van der Waals surface area contributed by atoms with Crippen molar-refractivity contribution in [1.82, 2.24) is 5.32 Å². The normalized spacial score (nSPS) is 25.0. The topological polar surface area (TPSA) is 101 Å². The summed E-state index contributed by atoms with van der Waals surface area (Å²) in [7, 11) is -4.07. The molecule has 110 valence electrons. The zero-order valence-corrected chi connectivity index (χ0v) is 12.1. The van der Waals surface area contributed by atoms with E-state index in [-0.39, 0.29) is 24.5 Å². The number of hydrogen-bond donors (Lipinski definition) is 2. The third kappa shape index (κ3) is 4.58. The number of amides is 1. The highest BCUT2D eigenvalue weighted by atomic mass is 32.2. The Labute approximate surface area is 113 Å². The lowest BCUT2D eigenvalue weighted by molar-refractivity contribution is -0.129. The van der Waals surface area contributed by atoms with Gasteiger partial charge in [0.15, 0.2) is 5.78 Å². The van der Waals surface area contributed by atoms with Gasteiger partial charge in [-0.1, -0.05) is 13.3 Å². The second-order valence-electron chi connectivity index (χ2n) is 5.11. The molecule has 0 aliphatic heterocycles. The van der Waals surface area contributed by atoms with Crippen LogP contribution in [0.25, 0.3) is 0 Å². The highest BCUT2D eigenvalue weighted by molar-refractivity contribution is 7.86. The van der Waals surface area contributed by atoms with E-state index in [9.17, 15) is 18.0 Å². The van der Waals surface area contributed by atoms with Gasteiger partial charge in [0.1, 0.15) is 0 Å². The van der Waals surface area contributed by atoms with Crippen LogP contribution in [-0.2, 0) is 19.7 Å². The molecule has 19 heavy (non-hydrogen) atoms. The Kier molecular flexibility index (Phi) is 5.49. The van der Waals surface area contributed by atoms with Crippen LogP contribution in [0.1, 0.15) is 46.0 Å². The van der Waals surface area contributed by atoms with E-state index < -0.39 is 27.3 Å². The average molecular weight is 291 g/mol. The van der Waals surface area contributed by atoms with Crippen LogP contribution in [0.2, 0.25) is 0 Å². The molecule has 0 aromatic carbocycles. The Morgan fingerprint density at radius 2 is 2.00 bits per heavy atom. The quantitative estimate of drug-likeness (QED) is 0.709. The van der Waals surface area contributed by atoms with Gasteiger partial charge in [-0.25, -0.2) is 0 Å². The number of ketones is 1. The number of Topliss-reactive ketones (excluding diaryl/α,β-unsaturated/α-hetero) is 1. The molecule has 1 aliphatic carbocycles. The van der Waals surface area contributed by atoms with Gasteiger partial charge in [-0.2, -0.15) is 8.42 Å². The number of carbonyl (C=O) groups excluding carboxylic acids is 2. The summed E-state index contributed by atoms with van der Waals surface area (Å²) in [6.45, 7) is 3.35. The van der Waals surface area contributed by atoms with Gasteiger partial charge in [0.05, 0.1) is 11.3 Å². The van der Waals surface area contributed by atoms with Crippen LogP contribution in [0.5, 0.6) is 0 Å². The number of nitrogens with one attached hydrogen (secondary N) is 1. The summed E-state index contributed by atoms with van der Waals surface area (Å²) in [5.41, 5.74) is 0. The van der Waals surface area contributed by atoms with Crippen LogP contribution in [0, 0.1) is 5.92 Å². The zero-order valence-electron chi connectivity index (χ0n) is 11.3. The minimum absolute atomic E-state index is 0.0977. The lowest BCUT2D eigenvalue weighted by atomic mass is 10.0. The highest BCUT2D eigenvalue weighted by Crippen LogP contribution is 2.30. The molecule has 3 atom stereocenters. The largest absolute Gasteiger partial charge is 0.346 e. The SMILES string of the molecule is CCC[C@H](NC(=O)C1CCC(S(=O)(=O)O)C1)C(C)=O. The molecular formula is C12H21NO5S. The minimum atomic E-state index is -4.07. The van der Waals surface area contributed by atoms with Crippen molar-refractivity contribution >= 4 is 21.8 Å². The molecule has 6 nitrogen and oxygen atoms in total. The van der Waals surface area contributed by atoms with Crippen LogP contribution in [0.3, 0.4) is 0 Å². The molecule has 1 amide bonds. The van der Waals surface area contributed by atoms with Crippen LogP contribution >= 0.6 is 0 Å². The second kappa shape index (κ2) is 6.47. The molecule has 0 spiro atoms. The first-order valence-electron chi connectivity index (χ1n) is 6.52. The average Bonchev–Trinajstić information content (AvgIpc) is 2.76. The van der Waals surface area contributed by atoms with Gasteiger partial charge >= 0.3 is 0 Å². The summed E-state index contributed by atoms with van der Waals surface area (Å²) in [5, 5.41) is 1.81. The Morgan fingerprint density at radius 3 is 2.42 bits per heavy atom. The minimum Gasteiger partial charge on any atom is -0.346 e. The van der Waals surface area contributed by atoms with Crippen molar-refractivity contribution < 1.29 is 22.6 Å². The number of carbonyl (C=O) groups is 2. The summed E-state index contributed by atoms with van der Waals surface area (Å²) in [5.74, 6) is -0.829. The third-order valence-electron chi connectivity index (χ3n) is 3.56. The van der Waals surface area contributed by atoms with Crippen LogP contribution < -0.4 is 5.32 Å². The Bertz CT molecular complexity index is 445. The molecule has 0 radical (unpaired) electrons. The summed E-state index contributed by atoms with van der Waals surface area (Å²) in [4.78, 5) is 23.3. The maximum Gasteiger partial charge on any atom is 0.267 e. The lowest BCUT2D eigenvalue weighted by Crippen LogP contribution is -2.42. The van der Waals surface area contributed by atoms with Crippen molar-refractivity contribution in [2.24, 2.45) is 5.92 Å². The van der Waals surface area contributed by atoms with E-state index in [1.54, 1.807) is 0 Å². The van der Waals surface area contributed by atoms with Crippen LogP contribution in [0.15, 0.2) is 0 Å². The fraction of sp³-hybridized carbons (Fsp3) is 0.833. The van der Waals surface area contributed by atoms with Gasteiger partial charge in [0.2, 0.25) is 5.91 Å². The molecule has 2 N–H and O–H groups in total. The van der Waals surface area contributed by atoms with Crippen molar-refractivity contribution in [2.75, 3.05) is 0 Å². The summed E-state index contributed by atoms with van der Waals surface area (Å²) < 4.78 is 31.0. The Hall–Kier alpha value is -0.950. The van der Waals surface area contributed by atoms with Crippen molar-refractivity contribution in [3.63, 3.8) is 0 Å². The third-order valence-corrected chi connectivity index (χ3v) is 4.83. The maximum absolute atomic E-state index is 12.0. The van der Waals surface area contributed by atoms with Crippen molar-refractivity contribution in [2.45, 2.75) is 57.2 Å². The first-order chi connectivity index (χ1) is 8.75. The molecule has 0 saturated heterocycles.